The Hall–Kier alpha value is -0.940. The molecule has 0 bridgehead atoms. The van der Waals surface area contributed by atoms with Gasteiger partial charge in [0.15, 0.2) is 9.84 Å². The lowest BCUT2D eigenvalue weighted by Gasteiger charge is -2.10. The van der Waals surface area contributed by atoms with Crippen LogP contribution < -0.4 is 5.73 Å². The van der Waals surface area contributed by atoms with Crippen LogP contribution in [0.5, 0.6) is 0 Å². The summed E-state index contributed by atoms with van der Waals surface area (Å²) in [5, 5.41) is 0. The molecule has 94 valence electrons. The highest BCUT2D eigenvalue weighted by molar-refractivity contribution is 7.90. The normalized spacial score (nSPS) is 13.3. The molecule has 1 rings (SSSR count). The Kier molecular flexibility index (Phi) is 4.65. The molecule has 0 aliphatic carbocycles. The number of nitrogens with two attached hydrogens (primary N) is 1. The first-order valence-electron chi connectivity index (χ1n) is 5.36. The Bertz CT molecular complexity index is 492. The van der Waals surface area contributed by atoms with Gasteiger partial charge in [-0.3, -0.25) is 0 Å². The first-order chi connectivity index (χ1) is 7.79. The molecule has 0 radical (unpaired) electrons. The molecule has 3 nitrogen and oxygen atoms in total. The Morgan fingerprint density at radius 3 is 2.29 bits per heavy atom. The number of hydrogen-bond donors (Lipinski definition) is 1. The molecule has 1 aromatic rings. The predicted octanol–water partition coefficient (Wildman–Crippen LogP) is 1.94. The highest BCUT2D eigenvalue weighted by Gasteiger charge is 2.08. The summed E-state index contributed by atoms with van der Waals surface area (Å²) < 4.78 is 22.6. The van der Waals surface area contributed by atoms with Crippen LogP contribution in [0.15, 0.2) is 29.2 Å². The van der Waals surface area contributed by atoms with Crippen molar-refractivity contribution in [1.82, 2.24) is 0 Å². The van der Waals surface area contributed by atoms with Crippen molar-refractivity contribution in [1.29, 1.82) is 0 Å². The van der Waals surface area contributed by atoms with Crippen LogP contribution in [0.4, 0.5) is 0 Å². The molecule has 5 heteroatoms. The van der Waals surface area contributed by atoms with Gasteiger partial charge in [-0.15, -0.1) is 0 Å². The first-order valence-corrected chi connectivity index (χ1v) is 7.66. The first kappa shape index (κ1) is 14.1. The summed E-state index contributed by atoms with van der Waals surface area (Å²) in [5.74, 6) is 0.372. The van der Waals surface area contributed by atoms with Gasteiger partial charge in [-0.1, -0.05) is 31.3 Å². The van der Waals surface area contributed by atoms with Crippen molar-refractivity contribution < 1.29 is 8.42 Å². The number of thiocarbonyl (C=S) groups is 1. The quantitative estimate of drug-likeness (QED) is 0.832. The molecule has 0 aliphatic rings. The number of rotatable bonds is 5. The van der Waals surface area contributed by atoms with Gasteiger partial charge in [-0.05, 0) is 30.0 Å². The lowest BCUT2D eigenvalue weighted by atomic mass is 9.98. The Labute approximate surface area is 108 Å². The molecule has 2 N–H and O–H groups in total. The fourth-order valence-electron chi connectivity index (χ4n) is 1.69. The summed E-state index contributed by atoms with van der Waals surface area (Å²) in [7, 11) is -3.11. The third-order valence-corrected chi connectivity index (χ3v) is 3.78. The summed E-state index contributed by atoms with van der Waals surface area (Å²) in [6.45, 7) is 2.07. The zero-order chi connectivity index (χ0) is 13.1. The van der Waals surface area contributed by atoms with Crippen LogP contribution >= 0.6 is 12.2 Å². The highest BCUT2D eigenvalue weighted by atomic mass is 32.2. The Morgan fingerprint density at radius 1 is 1.35 bits per heavy atom. The van der Waals surface area contributed by atoms with Crippen molar-refractivity contribution >= 4 is 27.0 Å². The van der Waals surface area contributed by atoms with Gasteiger partial charge in [0.25, 0.3) is 0 Å². The zero-order valence-electron chi connectivity index (χ0n) is 10.0. The lowest BCUT2D eigenvalue weighted by Crippen LogP contribution is -2.13. The molecule has 0 spiro atoms. The van der Waals surface area contributed by atoms with Crippen LogP contribution in [-0.2, 0) is 16.3 Å². The van der Waals surface area contributed by atoms with Crippen molar-refractivity contribution in [2.24, 2.45) is 11.7 Å². The molecular weight excluding hydrogens is 254 g/mol. The van der Waals surface area contributed by atoms with Crippen LogP contribution in [-0.4, -0.2) is 19.7 Å². The fraction of sp³-hybridized carbons (Fsp3) is 0.417. The van der Waals surface area contributed by atoms with Crippen LogP contribution in [0.25, 0.3) is 0 Å². The minimum atomic E-state index is -3.11. The second-order valence-corrected chi connectivity index (χ2v) is 6.94. The van der Waals surface area contributed by atoms with Crippen LogP contribution in [0.3, 0.4) is 0 Å². The van der Waals surface area contributed by atoms with E-state index in [1.807, 2.05) is 12.1 Å². The Morgan fingerprint density at radius 2 is 1.88 bits per heavy atom. The summed E-state index contributed by atoms with van der Waals surface area (Å²) in [6.07, 6.45) is 2.77. The van der Waals surface area contributed by atoms with Crippen molar-refractivity contribution in [3.05, 3.63) is 29.8 Å². The maximum Gasteiger partial charge on any atom is 0.175 e. The summed E-state index contributed by atoms with van der Waals surface area (Å²) in [6, 6.07) is 6.95. The average Bonchev–Trinajstić information content (AvgIpc) is 2.15. The highest BCUT2D eigenvalue weighted by Crippen LogP contribution is 2.15. The van der Waals surface area contributed by atoms with E-state index in [1.54, 1.807) is 12.1 Å². The predicted molar refractivity (Wildman–Crippen MR) is 73.8 cm³/mol. The van der Waals surface area contributed by atoms with Crippen molar-refractivity contribution in [2.45, 2.75) is 24.7 Å². The topological polar surface area (TPSA) is 60.2 Å². The molecule has 0 saturated carbocycles. The van der Waals surface area contributed by atoms with Gasteiger partial charge in [0.1, 0.15) is 0 Å². The van der Waals surface area contributed by atoms with E-state index in [0.717, 1.165) is 12.0 Å². The van der Waals surface area contributed by atoms with E-state index in [9.17, 15) is 8.42 Å². The van der Waals surface area contributed by atoms with Crippen LogP contribution in [0.1, 0.15) is 18.9 Å². The van der Waals surface area contributed by atoms with Gasteiger partial charge in [-0.25, -0.2) is 8.42 Å². The zero-order valence-corrected chi connectivity index (χ0v) is 11.6. The SMILES string of the molecule is CC(CC(N)=S)Cc1ccc(S(C)(=O)=O)cc1. The molecule has 0 saturated heterocycles. The Balaban J connectivity index is 2.72. The van der Waals surface area contributed by atoms with Crippen LogP contribution in [0.2, 0.25) is 0 Å². The van der Waals surface area contributed by atoms with E-state index in [-0.39, 0.29) is 0 Å². The second kappa shape index (κ2) is 5.60. The third-order valence-electron chi connectivity index (χ3n) is 2.49. The van der Waals surface area contributed by atoms with Gasteiger partial charge in [0.2, 0.25) is 0 Å². The minimum Gasteiger partial charge on any atom is -0.393 e. The standard InChI is InChI=1S/C12H17NO2S2/c1-9(8-12(13)16)7-10-3-5-11(6-4-10)17(2,14)15/h3-6,9H,7-8H2,1-2H3,(H2,13,16). The van der Waals surface area contributed by atoms with E-state index in [4.69, 9.17) is 18.0 Å². The molecule has 0 fully saturated rings. The summed E-state index contributed by atoms with van der Waals surface area (Å²) in [5.41, 5.74) is 6.58. The van der Waals surface area contributed by atoms with Crippen molar-refractivity contribution in [3.63, 3.8) is 0 Å². The average molecular weight is 271 g/mol. The van der Waals surface area contributed by atoms with Gasteiger partial charge < -0.3 is 5.73 Å². The number of benzene rings is 1. The van der Waals surface area contributed by atoms with E-state index >= 15 is 0 Å². The molecule has 17 heavy (non-hydrogen) atoms. The van der Waals surface area contributed by atoms with E-state index < -0.39 is 9.84 Å². The monoisotopic (exact) mass is 271 g/mol. The van der Waals surface area contributed by atoms with Gasteiger partial charge in [0.05, 0.1) is 9.88 Å². The molecular formula is C12H17NO2S2. The second-order valence-electron chi connectivity index (χ2n) is 4.40. The largest absolute Gasteiger partial charge is 0.393 e. The smallest absolute Gasteiger partial charge is 0.175 e. The van der Waals surface area contributed by atoms with Crippen molar-refractivity contribution in [3.8, 4) is 0 Å². The minimum absolute atomic E-state index is 0.350. The maximum absolute atomic E-state index is 11.3. The number of sulfone groups is 1. The molecule has 1 unspecified atom stereocenters. The number of hydrogen-bond acceptors (Lipinski definition) is 3. The molecule has 0 aromatic heterocycles. The molecule has 0 aliphatic heterocycles. The summed E-state index contributed by atoms with van der Waals surface area (Å²) >= 11 is 4.86. The van der Waals surface area contributed by atoms with E-state index in [2.05, 4.69) is 6.92 Å². The van der Waals surface area contributed by atoms with Gasteiger partial charge in [0, 0.05) is 12.7 Å². The fourth-order valence-corrected chi connectivity index (χ4v) is 2.61. The lowest BCUT2D eigenvalue weighted by molar-refractivity contribution is 0.600. The van der Waals surface area contributed by atoms with Gasteiger partial charge in [-0.2, -0.15) is 0 Å². The molecule has 0 heterocycles. The van der Waals surface area contributed by atoms with Crippen LogP contribution in [0, 0.1) is 5.92 Å². The van der Waals surface area contributed by atoms with Gasteiger partial charge >= 0.3 is 0 Å². The van der Waals surface area contributed by atoms with Crippen molar-refractivity contribution in [2.75, 3.05) is 6.26 Å². The summed E-state index contributed by atoms with van der Waals surface area (Å²) in [4.78, 5) is 0.869. The van der Waals surface area contributed by atoms with E-state index in [0.29, 0.717) is 22.2 Å². The maximum atomic E-state index is 11.3. The molecule has 0 amide bonds. The molecule has 1 atom stereocenters. The molecule has 1 aromatic carbocycles. The van der Waals surface area contributed by atoms with E-state index in [1.165, 1.54) is 6.26 Å². The third kappa shape index (κ3) is 4.83.